The van der Waals surface area contributed by atoms with Gasteiger partial charge in [-0.1, -0.05) is 23.8 Å². The van der Waals surface area contributed by atoms with Crippen molar-refractivity contribution in [3.63, 3.8) is 0 Å². The molecule has 1 aliphatic heterocycles. The summed E-state index contributed by atoms with van der Waals surface area (Å²) in [7, 11) is -3.59. The molecule has 0 amide bonds. The zero-order valence-electron chi connectivity index (χ0n) is 13.8. The number of aryl methyl sites for hydroxylation is 3. The lowest BCUT2D eigenvalue weighted by atomic mass is 10.0. The second-order valence-corrected chi connectivity index (χ2v) is 8.05. The summed E-state index contributed by atoms with van der Waals surface area (Å²) in [6.07, 6.45) is 1.60. The first-order chi connectivity index (χ1) is 10.8. The van der Waals surface area contributed by atoms with E-state index in [4.69, 9.17) is 5.73 Å². The molecule has 1 heterocycles. The predicted molar refractivity (Wildman–Crippen MR) is 94.4 cm³/mol. The quantitative estimate of drug-likeness (QED) is 0.859. The van der Waals surface area contributed by atoms with Crippen molar-refractivity contribution in [3.8, 4) is 0 Å². The number of sulfonamides is 1. The van der Waals surface area contributed by atoms with E-state index in [1.165, 1.54) is 4.31 Å². The Morgan fingerprint density at radius 3 is 2.39 bits per heavy atom. The van der Waals surface area contributed by atoms with Gasteiger partial charge < -0.3 is 5.73 Å². The Bertz CT molecular complexity index is 850. The number of nitrogens with two attached hydrogens (primary N) is 1. The molecule has 2 aromatic carbocycles. The van der Waals surface area contributed by atoms with Crippen molar-refractivity contribution in [1.29, 1.82) is 0 Å². The van der Waals surface area contributed by atoms with Crippen LogP contribution >= 0.6 is 0 Å². The zero-order valence-corrected chi connectivity index (χ0v) is 14.6. The molecular weight excluding hydrogens is 308 g/mol. The van der Waals surface area contributed by atoms with Gasteiger partial charge in [-0.15, -0.1) is 0 Å². The van der Waals surface area contributed by atoms with Crippen LogP contribution in [0.1, 0.15) is 28.7 Å². The largest absolute Gasteiger partial charge is 0.398 e. The van der Waals surface area contributed by atoms with E-state index < -0.39 is 10.0 Å². The van der Waals surface area contributed by atoms with E-state index in [0.29, 0.717) is 17.1 Å². The van der Waals surface area contributed by atoms with Crippen LogP contribution in [0.3, 0.4) is 0 Å². The molecule has 0 aromatic heterocycles. The van der Waals surface area contributed by atoms with Gasteiger partial charge in [0, 0.05) is 12.2 Å². The number of hydrogen-bond acceptors (Lipinski definition) is 3. The van der Waals surface area contributed by atoms with E-state index in [0.717, 1.165) is 40.8 Å². The number of benzene rings is 2. The highest BCUT2D eigenvalue weighted by molar-refractivity contribution is 7.93. The number of anilines is 2. The van der Waals surface area contributed by atoms with Gasteiger partial charge in [0.25, 0.3) is 10.0 Å². The van der Waals surface area contributed by atoms with Crippen LogP contribution in [0.2, 0.25) is 0 Å². The standard InChI is InChI=1S/C18H22N2O2S/c1-12-10-13(2)18(14(3)11-12)23(21,22)20-9-5-6-15-16(19)7-4-8-17(15)20/h4,7-8,10-11H,5-6,9,19H2,1-3H3. The van der Waals surface area contributed by atoms with Crippen molar-refractivity contribution in [2.45, 2.75) is 38.5 Å². The molecule has 0 atom stereocenters. The summed E-state index contributed by atoms with van der Waals surface area (Å²) in [6, 6.07) is 9.34. The van der Waals surface area contributed by atoms with Crippen molar-refractivity contribution >= 4 is 21.4 Å². The second-order valence-electron chi connectivity index (χ2n) is 6.25. The van der Waals surface area contributed by atoms with Crippen LogP contribution in [0.4, 0.5) is 11.4 Å². The molecule has 0 unspecified atom stereocenters. The fourth-order valence-electron chi connectivity index (χ4n) is 3.55. The Morgan fingerprint density at radius 2 is 1.74 bits per heavy atom. The smallest absolute Gasteiger partial charge is 0.264 e. The maximum atomic E-state index is 13.3. The number of rotatable bonds is 2. The molecule has 0 saturated carbocycles. The molecule has 0 bridgehead atoms. The van der Waals surface area contributed by atoms with Gasteiger partial charge in [0.15, 0.2) is 0 Å². The third kappa shape index (κ3) is 2.59. The molecule has 1 aliphatic rings. The van der Waals surface area contributed by atoms with Crippen molar-refractivity contribution in [2.75, 3.05) is 16.6 Å². The molecule has 23 heavy (non-hydrogen) atoms. The summed E-state index contributed by atoms with van der Waals surface area (Å²) in [5.74, 6) is 0. The molecule has 0 aliphatic carbocycles. The fourth-order valence-corrected chi connectivity index (χ4v) is 5.50. The summed E-state index contributed by atoms with van der Waals surface area (Å²) in [5, 5.41) is 0. The average molecular weight is 330 g/mol. The normalized spacial score (nSPS) is 14.7. The van der Waals surface area contributed by atoms with Crippen LogP contribution in [-0.2, 0) is 16.4 Å². The number of hydrogen-bond donors (Lipinski definition) is 1. The summed E-state index contributed by atoms with van der Waals surface area (Å²) >= 11 is 0. The molecule has 122 valence electrons. The third-order valence-electron chi connectivity index (χ3n) is 4.40. The van der Waals surface area contributed by atoms with Gasteiger partial charge in [0.05, 0.1) is 10.6 Å². The lowest BCUT2D eigenvalue weighted by Crippen LogP contribution is -2.36. The van der Waals surface area contributed by atoms with E-state index in [-0.39, 0.29) is 0 Å². The highest BCUT2D eigenvalue weighted by Crippen LogP contribution is 2.36. The monoisotopic (exact) mass is 330 g/mol. The van der Waals surface area contributed by atoms with Gasteiger partial charge in [0.1, 0.15) is 0 Å². The van der Waals surface area contributed by atoms with Crippen molar-refractivity contribution < 1.29 is 8.42 Å². The Balaban J connectivity index is 2.19. The van der Waals surface area contributed by atoms with Crippen LogP contribution in [0, 0.1) is 20.8 Å². The molecule has 0 spiro atoms. The minimum atomic E-state index is -3.59. The second kappa shape index (κ2) is 5.57. The first-order valence-electron chi connectivity index (χ1n) is 7.80. The van der Waals surface area contributed by atoms with E-state index in [1.807, 2.05) is 51.1 Å². The summed E-state index contributed by atoms with van der Waals surface area (Å²) < 4.78 is 28.1. The summed E-state index contributed by atoms with van der Waals surface area (Å²) in [5.41, 5.74) is 11.0. The third-order valence-corrected chi connectivity index (χ3v) is 6.52. The summed E-state index contributed by atoms with van der Waals surface area (Å²) in [4.78, 5) is 0.415. The van der Waals surface area contributed by atoms with Gasteiger partial charge in [-0.3, -0.25) is 4.31 Å². The Kier molecular flexibility index (Phi) is 3.84. The molecule has 0 radical (unpaired) electrons. The fraction of sp³-hybridized carbons (Fsp3) is 0.333. The van der Waals surface area contributed by atoms with Crippen LogP contribution < -0.4 is 10.0 Å². The van der Waals surface area contributed by atoms with E-state index in [9.17, 15) is 8.42 Å². The average Bonchev–Trinajstić information content (AvgIpc) is 2.45. The SMILES string of the molecule is Cc1cc(C)c(S(=O)(=O)N2CCCc3c(N)cccc32)c(C)c1. The van der Waals surface area contributed by atoms with Crippen LogP contribution in [-0.4, -0.2) is 15.0 Å². The van der Waals surface area contributed by atoms with Crippen molar-refractivity contribution in [2.24, 2.45) is 0 Å². The van der Waals surface area contributed by atoms with Gasteiger partial charge >= 0.3 is 0 Å². The number of nitrogens with zero attached hydrogens (tertiary/aromatic N) is 1. The highest BCUT2D eigenvalue weighted by Gasteiger charge is 2.32. The van der Waals surface area contributed by atoms with Crippen molar-refractivity contribution in [3.05, 3.63) is 52.6 Å². The molecule has 3 rings (SSSR count). The van der Waals surface area contributed by atoms with Gasteiger partial charge in [-0.05, 0) is 62.4 Å². The zero-order chi connectivity index (χ0) is 16.8. The maximum Gasteiger partial charge on any atom is 0.264 e. The highest BCUT2D eigenvalue weighted by atomic mass is 32.2. The van der Waals surface area contributed by atoms with Gasteiger partial charge in [-0.25, -0.2) is 8.42 Å². The van der Waals surface area contributed by atoms with Crippen LogP contribution in [0.15, 0.2) is 35.2 Å². The first-order valence-corrected chi connectivity index (χ1v) is 9.24. The lowest BCUT2D eigenvalue weighted by Gasteiger charge is -2.32. The molecular formula is C18H22N2O2S. The Hall–Kier alpha value is -2.01. The molecule has 2 N–H and O–H groups in total. The van der Waals surface area contributed by atoms with Crippen LogP contribution in [0.25, 0.3) is 0 Å². The molecule has 0 saturated heterocycles. The minimum Gasteiger partial charge on any atom is -0.398 e. The van der Waals surface area contributed by atoms with E-state index >= 15 is 0 Å². The molecule has 5 heteroatoms. The number of nitrogen functional groups attached to an aromatic ring is 1. The topological polar surface area (TPSA) is 63.4 Å². The molecule has 4 nitrogen and oxygen atoms in total. The van der Waals surface area contributed by atoms with E-state index in [1.54, 1.807) is 0 Å². The summed E-state index contributed by atoms with van der Waals surface area (Å²) in [6.45, 7) is 6.19. The lowest BCUT2D eigenvalue weighted by molar-refractivity contribution is 0.585. The first kappa shape index (κ1) is 15.9. The molecule has 0 fully saturated rings. The maximum absolute atomic E-state index is 13.3. The Labute approximate surface area is 138 Å². The molecule has 2 aromatic rings. The van der Waals surface area contributed by atoms with Crippen molar-refractivity contribution in [1.82, 2.24) is 0 Å². The van der Waals surface area contributed by atoms with E-state index in [2.05, 4.69) is 0 Å². The van der Waals surface area contributed by atoms with Gasteiger partial charge in [-0.2, -0.15) is 0 Å². The number of fused-ring (bicyclic) bond motifs is 1. The van der Waals surface area contributed by atoms with Crippen LogP contribution in [0.5, 0.6) is 0 Å². The predicted octanol–water partition coefficient (Wildman–Crippen LogP) is 3.34. The Morgan fingerprint density at radius 1 is 1.09 bits per heavy atom. The van der Waals surface area contributed by atoms with Gasteiger partial charge in [0.2, 0.25) is 0 Å². The minimum absolute atomic E-state index is 0.415.